The average molecular weight is 407 g/mol. The van der Waals surface area contributed by atoms with Crippen molar-refractivity contribution >= 4 is 23.1 Å². The summed E-state index contributed by atoms with van der Waals surface area (Å²) in [4.78, 5) is 26.6. The minimum atomic E-state index is -0.491. The van der Waals surface area contributed by atoms with E-state index < -0.39 is 5.97 Å². The highest BCUT2D eigenvalue weighted by Gasteiger charge is 2.24. The van der Waals surface area contributed by atoms with E-state index >= 15 is 0 Å². The third-order valence-electron chi connectivity index (χ3n) is 5.05. The number of fused-ring (bicyclic) bond motifs is 3. The van der Waals surface area contributed by atoms with E-state index in [-0.39, 0.29) is 12.4 Å². The zero-order valence-electron chi connectivity index (χ0n) is 16.4. The van der Waals surface area contributed by atoms with Crippen molar-refractivity contribution in [3.63, 3.8) is 0 Å². The van der Waals surface area contributed by atoms with Gasteiger partial charge in [-0.15, -0.1) is 17.9 Å². The molecule has 3 heterocycles. The van der Waals surface area contributed by atoms with Crippen molar-refractivity contribution in [1.82, 2.24) is 4.57 Å². The summed E-state index contributed by atoms with van der Waals surface area (Å²) in [5, 5.41) is 0. The van der Waals surface area contributed by atoms with Crippen molar-refractivity contribution < 1.29 is 19.1 Å². The first-order valence-corrected chi connectivity index (χ1v) is 10.1. The number of ketones is 1. The number of hydrogen-bond acceptors (Lipinski definition) is 5. The Morgan fingerprint density at radius 3 is 2.86 bits per heavy atom. The van der Waals surface area contributed by atoms with Crippen molar-refractivity contribution in [3.05, 3.63) is 76.4 Å². The average Bonchev–Trinajstić information content (AvgIpc) is 3.29. The van der Waals surface area contributed by atoms with Gasteiger partial charge in [0.2, 0.25) is 5.78 Å². The van der Waals surface area contributed by atoms with E-state index in [9.17, 15) is 9.59 Å². The van der Waals surface area contributed by atoms with Gasteiger partial charge in [-0.05, 0) is 38.1 Å². The molecule has 3 aromatic rings. The molecule has 0 bridgehead atoms. The van der Waals surface area contributed by atoms with Crippen LogP contribution in [0.1, 0.15) is 37.0 Å². The Hall–Kier alpha value is -3.12. The third kappa shape index (κ3) is 3.51. The van der Waals surface area contributed by atoms with Gasteiger partial charge in [0.25, 0.3) is 0 Å². The normalized spacial score (nSPS) is 11.9. The van der Waals surface area contributed by atoms with Gasteiger partial charge in [0, 0.05) is 39.5 Å². The van der Waals surface area contributed by atoms with Crippen LogP contribution in [0.25, 0.3) is 10.4 Å². The number of rotatable bonds is 6. The second-order valence-corrected chi connectivity index (χ2v) is 7.99. The minimum absolute atomic E-state index is 0.211. The largest absolute Gasteiger partial charge is 0.488 e. The van der Waals surface area contributed by atoms with Crippen molar-refractivity contribution in [2.45, 2.75) is 27.0 Å². The summed E-state index contributed by atoms with van der Waals surface area (Å²) < 4.78 is 13.1. The van der Waals surface area contributed by atoms with E-state index in [2.05, 4.69) is 6.58 Å². The molecule has 5 nitrogen and oxygen atoms in total. The maximum absolute atomic E-state index is 12.6. The van der Waals surface area contributed by atoms with Gasteiger partial charge in [-0.25, -0.2) is 4.79 Å². The SMILES string of the molecule is C=CCn1c(C)cc(C(=O)COC(=O)c2cc3c(s2)-c2ccccc2OC3)c1C. The molecule has 0 aliphatic carbocycles. The number of Topliss-reactive ketones (excluding diaryl/α,β-unsaturated/α-hetero) is 1. The predicted octanol–water partition coefficient (Wildman–Crippen LogP) is 4.95. The molecule has 29 heavy (non-hydrogen) atoms. The standard InChI is InChI=1S/C23H21NO4S/c1-4-9-24-14(2)10-18(15(24)3)19(25)13-28-23(26)21-11-16-12-27-20-8-6-5-7-17(20)22(16)29-21/h4-8,10-11H,1,9,12-13H2,2-3H3. The monoisotopic (exact) mass is 407 g/mol. The summed E-state index contributed by atoms with van der Waals surface area (Å²) in [7, 11) is 0. The van der Waals surface area contributed by atoms with Crippen LogP contribution >= 0.6 is 11.3 Å². The number of thiophene rings is 1. The fourth-order valence-corrected chi connectivity index (χ4v) is 4.66. The van der Waals surface area contributed by atoms with E-state index in [4.69, 9.17) is 9.47 Å². The Bertz CT molecular complexity index is 1120. The maximum atomic E-state index is 12.6. The molecule has 0 spiro atoms. The van der Waals surface area contributed by atoms with Crippen LogP contribution in [0, 0.1) is 13.8 Å². The number of ether oxygens (including phenoxy) is 2. The molecular weight excluding hydrogens is 386 g/mol. The first kappa shape index (κ1) is 19.2. The molecule has 0 radical (unpaired) electrons. The maximum Gasteiger partial charge on any atom is 0.348 e. The smallest absolute Gasteiger partial charge is 0.348 e. The number of aromatic nitrogens is 1. The van der Waals surface area contributed by atoms with Crippen molar-refractivity contribution in [2.24, 2.45) is 0 Å². The third-order valence-corrected chi connectivity index (χ3v) is 6.24. The number of carbonyl (C=O) groups excluding carboxylic acids is 2. The Morgan fingerprint density at radius 1 is 1.28 bits per heavy atom. The van der Waals surface area contributed by atoms with Crippen LogP contribution in [0.4, 0.5) is 0 Å². The fourth-order valence-electron chi connectivity index (χ4n) is 3.57. The lowest BCUT2D eigenvalue weighted by atomic mass is 10.1. The van der Waals surface area contributed by atoms with E-state index in [1.165, 1.54) is 11.3 Å². The lowest BCUT2D eigenvalue weighted by Gasteiger charge is -2.16. The van der Waals surface area contributed by atoms with Gasteiger partial charge < -0.3 is 14.0 Å². The van der Waals surface area contributed by atoms with E-state index in [0.717, 1.165) is 33.1 Å². The molecule has 4 rings (SSSR count). The van der Waals surface area contributed by atoms with Crippen molar-refractivity contribution in [3.8, 4) is 16.2 Å². The molecule has 1 aliphatic rings. The fraction of sp³-hybridized carbons (Fsp3) is 0.217. The summed E-state index contributed by atoms with van der Waals surface area (Å²) in [6.07, 6.45) is 1.79. The van der Waals surface area contributed by atoms with E-state index in [1.54, 1.807) is 12.1 Å². The lowest BCUT2D eigenvalue weighted by molar-refractivity contribution is 0.0479. The second kappa shape index (κ2) is 7.72. The van der Waals surface area contributed by atoms with E-state index in [0.29, 0.717) is 23.6 Å². The van der Waals surface area contributed by atoms with Crippen LogP contribution in [0.15, 0.2) is 49.1 Å². The highest BCUT2D eigenvalue weighted by atomic mass is 32.1. The molecular formula is C23H21NO4S. The number of hydrogen-bond donors (Lipinski definition) is 0. The quantitative estimate of drug-likeness (QED) is 0.330. The predicted molar refractivity (Wildman–Crippen MR) is 113 cm³/mol. The number of para-hydroxylation sites is 1. The number of benzene rings is 1. The number of allylic oxidation sites excluding steroid dienone is 1. The Balaban J connectivity index is 1.48. The van der Waals surface area contributed by atoms with Crippen molar-refractivity contribution in [2.75, 3.05) is 6.61 Å². The van der Waals surface area contributed by atoms with Crippen molar-refractivity contribution in [1.29, 1.82) is 0 Å². The summed E-state index contributed by atoms with van der Waals surface area (Å²) >= 11 is 1.37. The van der Waals surface area contributed by atoms with Crippen LogP contribution in [0.3, 0.4) is 0 Å². The summed E-state index contributed by atoms with van der Waals surface area (Å²) in [5.41, 5.74) is 4.33. The summed E-state index contributed by atoms with van der Waals surface area (Å²) in [5.74, 6) is 0.110. The van der Waals surface area contributed by atoms with Crippen LogP contribution < -0.4 is 4.74 Å². The molecule has 0 fully saturated rings. The lowest BCUT2D eigenvalue weighted by Crippen LogP contribution is -2.14. The van der Waals surface area contributed by atoms with Gasteiger partial charge in [-0.2, -0.15) is 0 Å². The Morgan fingerprint density at radius 2 is 2.07 bits per heavy atom. The molecule has 0 saturated heterocycles. The summed E-state index contributed by atoms with van der Waals surface area (Å²) in [6, 6.07) is 11.4. The molecule has 1 aromatic carbocycles. The van der Waals surface area contributed by atoms with E-state index in [1.807, 2.05) is 48.7 Å². The minimum Gasteiger partial charge on any atom is -0.488 e. The highest BCUT2D eigenvalue weighted by molar-refractivity contribution is 7.17. The van der Waals surface area contributed by atoms with Gasteiger partial charge in [0.05, 0.1) is 0 Å². The molecule has 0 amide bonds. The highest BCUT2D eigenvalue weighted by Crippen LogP contribution is 2.42. The van der Waals surface area contributed by atoms with Gasteiger partial charge in [0.15, 0.2) is 6.61 Å². The zero-order chi connectivity index (χ0) is 20.5. The first-order valence-electron chi connectivity index (χ1n) is 9.32. The van der Waals surface area contributed by atoms with Crippen LogP contribution in [-0.4, -0.2) is 22.9 Å². The zero-order valence-corrected chi connectivity index (χ0v) is 17.2. The summed E-state index contributed by atoms with van der Waals surface area (Å²) in [6.45, 7) is 8.34. The number of esters is 1. The second-order valence-electron chi connectivity index (χ2n) is 6.93. The van der Waals surface area contributed by atoms with Crippen LogP contribution in [-0.2, 0) is 17.9 Å². The van der Waals surface area contributed by atoms with Gasteiger partial charge in [0.1, 0.15) is 17.2 Å². The first-order chi connectivity index (χ1) is 14.0. The molecule has 0 N–H and O–H groups in total. The molecule has 148 valence electrons. The van der Waals surface area contributed by atoms with Gasteiger partial charge in [-0.3, -0.25) is 4.79 Å². The van der Waals surface area contributed by atoms with Crippen LogP contribution in [0.2, 0.25) is 0 Å². The van der Waals surface area contributed by atoms with Crippen LogP contribution in [0.5, 0.6) is 5.75 Å². The molecule has 6 heteroatoms. The number of aryl methyl sites for hydroxylation is 1. The Kier molecular flexibility index (Phi) is 5.11. The van der Waals surface area contributed by atoms with Gasteiger partial charge in [-0.1, -0.05) is 18.2 Å². The molecule has 0 saturated carbocycles. The number of carbonyl (C=O) groups is 2. The topological polar surface area (TPSA) is 57.5 Å². The molecule has 0 atom stereocenters. The molecule has 0 unspecified atom stereocenters. The molecule has 1 aliphatic heterocycles. The molecule has 2 aromatic heterocycles. The van der Waals surface area contributed by atoms with Gasteiger partial charge >= 0.3 is 5.97 Å². The Labute approximate surface area is 173 Å². The number of nitrogens with zero attached hydrogens (tertiary/aromatic N) is 1.